The number of ether oxygens (including phenoxy) is 1. The first-order chi connectivity index (χ1) is 13.0. The van der Waals surface area contributed by atoms with E-state index in [-0.39, 0.29) is 29.3 Å². The highest BCUT2D eigenvalue weighted by Gasteiger charge is 2.53. The first kappa shape index (κ1) is 18.3. The fraction of sp³-hybridized carbons (Fsp3) is 0.550. The van der Waals surface area contributed by atoms with Crippen molar-refractivity contribution in [2.45, 2.75) is 56.0 Å². The molecule has 0 aromatic heterocycles. The van der Waals surface area contributed by atoms with Crippen LogP contribution in [0, 0.1) is 0 Å². The number of benzene rings is 1. The molecule has 2 amide bonds. The number of amides is 2. The van der Waals surface area contributed by atoms with Crippen LogP contribution in [-0.4, -0.2) is 46.0 Å². The van der Waals surface area contributed by atoms with Crippen molar-refractivity contribution in [3.8, 4) is 0 Å². The quantitative estimate of drug-likeness (QED) is 0.800. The van der Waals surface area contributed by atoms with E-state index in [4.69, 9.17) is 4.74 Å². The molecule has 0 unspecified atom stereocenters. The lowest BCUT2D eigenvalue weighted by molar-refractivity contribution is -0.156. The fourth-order valence-electron chi connectivity index (χ4n) is 4.37. The highest BCUT2D eigenvalue weighted by molar-refractivity contribution is 8.01. The third-order valence-electron chi connectivity index (χ3n) is 5.77. The topological polar surface area (TPSA) is 75.7 Å². The highest BCUT2D eigenvalue weighted by Crippen LogP contribution is 2.47. The minimum absolute atomic E-state index is 0.00675. The number of thioether (sulfide) groups is 1. The average Bonchev–Trinajstić information content (AvgIpc) is 3.16. The lowest BCUT2D eigenvalue weighted by Gasteiger charge is -2.29. The van der Waals surface area contributed by atoms with E-state index in [0.29, 0.717) is 12.2 Å². The summed E-state index contributed by atoms with van der Waals surface area (Å²) in [5.41, 5.74) is 2.41. The first-order valence-electron chi connectivity index (χ1n) is 9.48. The monoisotopic (exact) mass is 388 g/mol. The van der Waals surface area contributed by atoms with E-state index in [1.54, 1.807) is 16.7 Å². The standard InChI is InChI=1S/C20H24N2O4S/c1-20-10-9-18(24)22(20)16(12-27-20)19(25)26-11-17(23)21-15-8-4-6-13-5-2-3-7-14(13)15/h2-3,5,7,15-16H,4,6,8-12H2,1H3,(H,21,23)/t15-,16+,20-/m1/s1. The van der Waals surface area contributed by atoms with Gasteiger partial charge in [0.25, 0.3) is 5.91 Å². The van der Waals surface area contributed by atoms with Crippen LogP contribution in [0.15, 0.2) is 24.3 Å². The van der Waals surface area contributed by atoms with Crippen molar-refractivity contribution < 1.29 is 19.1 Å². The minimum Gasteiger partial charge on any atom is -0.454 e. The number of nitrogens with zero attached hydrogens (tertiary/aromatic N) is 1. The molecule has 4 rings (SSSR count). The molecule has 2 heterocycles. The Labute approximate surface area is 163 Å². The second-order valence-electron chi connectivity index (χ2n) is 7.58. The number of esters is 1. The molecule has 0 bridgehead atoms. The predicted molar refractivity (Wildman–Crippen MR) is 102 cm³/mol. The summed E-state index contributed by atoms with van der Waals surface area (Å²) < 4.78 is 5.26. The van der Waals surface area contributed by atoms with Crippen LogP contribution < -0.4 is 5.32 Å². The zero-order valence-corrected chi connectivity index (χ0v) is 16.2. The van der Waals surface area contributed by atoms with Gasteiger partial charge in [0.15, 0.2) is 6.61 Å². The lowest BCUT2D eigenvalue weighted by Crippen LogP contribution is -2.47. The molecule has 1 N–H and O–H groups in total. The Bertz CT molecular complexity index is 783. The van der Waals surface area contributed by atoms with Gasteiger partial charge in [-0.2, -0.15) is 0 Å². The van der Waals surface area contributed by atoms with E-state index >= 15 is 0 Å². The first-order valence-corrected chi connectivity index (χ1v) is 10.5. The van der Waals surface area contributed by atoms with Gasteiger partial charge >= 0.3 is 5.97 Å². The zero-order valence-electron chi connectivity index (χ0n) is 15.4. The largest absolute Gasteiger partial charge is 0.454 e. The summed E-state index contributed by atoms with van der Waals surface area (Å²) in [6.07, 6.45) is 4.16. The van der Waals surface area contributed by atoms with Crippen LogP contribution in [0.5, 0.6) is 0 Å². The second-order valence-corrected chi connectivity index (χ2v) is 9.09. The SMILES string of the molecule is C[C@@]12CCC(=O)N1[C@H](C(=O)OCC(=O)N[C@@H]1CCCc3ccccc31)CS2. The molecule has 2 saturated heterocycles. The van der Waals surface area contributed by atoms with E-state index < -0.39 is 12.0 Å². The van der Waals surface area contributed by atoms with Crippen molar-refractivity contribution in [3.63, 3.8) is 0 Å². The number of aryl methyl sites for hydroxylation is 1. The van der Waals surface area contributed by atoms with Crippen molar-refractivity contribution >= 4 is 29.5 Å². The van der Waals surface area contributed by atoms with Gasteiger partial charge in [0, 0.05) is 12.2 Å². The maximum atomic E-state index is 12.5. The summed E-state index contributed by atoms with van der Waals surface area (Å²) in [7, 11) is 0. The Hall–Kier alpha value is -2.02. The fourth-order valence-corrected chi connectivity index (χ4v) is 5.78. The minimum atomic E-state index is -0.585. The maximum absolute atomic E-state index is 12.5. The molecular weight excluding hydrogens is 364 g/mol. The highest BCUT2D eigenvalue weighted by atomic mass is 32.2. The van der Waals surface area contributed by atoms with Crippen LogP contribution >= 0.6 is 11.8 Å². The van der Waals surface area contributed by atoms with Crippen molar-refractivity contribution in [3.05, 3.63) is 35.4 Å². The van der Waals surface area contributed by atoms with Gasteiger partial charge < -0.3 is 15.0 Å². The predicted octanol–water partition coefficient (Wildman–Crippen LogP) is 2.18. The van der Waals surface area contributed by atoms with E-state index in [9.17, 15) is 14.4 Å². The molecule has 144 valence electrons. The Morgan fingerprint density at radius 1 is 1.33 bits per heavy atom. The summed E-state index contributed by atoms with van der Waals surface area (Å²) in [6, 6.07) is 7.50. The molecule has 1 aromatic carbocycles. The van der Waals surface area contributed by atoms with Crippen molar-refractivity contribution in [2.75, 3.05) is 12.4 Å². The lowest BCUT2D eigenvalue weighted by atomic mass is 9.88. The van der Waals surface area contributed by atoms with Crippen molar-refractivity contribution in [1.82, 2.24) is 10.2 Å². The molecule has 1 aromatic rings. The third kappa shape index (κ3) is 3.45. The molecular formula is C20H24N2O4S. The zero-order chi connectivity index (χ0) is 19.0. The van der Waals surface area contributed by atoms with E-state index in [1.165, 1.54) is 5.56 Å². The Morgan fingerprint density at radius 2 is 2.15 bits per heavy atom. The van der Waals surface area contributed by atoms with E-state index in [1.807, 2.05) is 25.1 Å². The Morgan fingerprint density at radius 3 is 3.00 bits per heavy atom. The number of hydrogen-bond donors (Lipinski definition) is 1. The van der Waals surface area contributed by atoms with Gasteiger partial charge in [-0.05, 0) is 43.7 Å². The molecule has 1 aliphatic carbocycles. The van der Waals surface area contributed by atoms with Gasteiger partial charge in [0.2, 0.25) is 5.91 Å². The molecule has 7 heteroatoms. The van der Waals surface area contributed by atoms with Crippen LogP contribution in [0.4, 0.5) is 0 Å². The van der Waals surface area contributed by atoms with Gasteiger partial charge in [0.1, 0.15) is 6.04 Å². The molecule has 0 saturated carbocycles. The second kappa shape index (κ2) is 7.19. The summed E-state index contributed by atoms with van der Waals surface area (Å²) >= 11 is 1.61. The van der Waals surface area contributed by atoms with Crippen molar-refractivity contribution in [1.29, 1.82) is 0 Å². The smallest absolute Gasteiger partial charge is 0.330 e. The molecule has 0 spiro atoms. The maximum Gasteiger partial charge on any atom is 0.330 e. The number of fused-ring (bicyclic) bond motifs is 2. The number of carbonyl (C=O) groups excluding carboxylic acids is 3. The Kier molecular flexibility index (Phi) is 4.88. The molecule has 2 fully saturated rings. The van der Waals surface area contributed by atoms with Crippen LogP contribution in [0.2, 0.25) is 0 Å². The third-order valence-corrected chi connectivity index (χ3v) is 7.27. The molecule has 6 nitrogen and oxygen atoms in total. The number of carbonyl (C=O) groups is 3. The number of nitrogens with one attached hydrogen (secondary N) is 1. The molecule has 3 aliphatic rings. The number of hydrogen-bond acceptors (Lipinski definition) is 5. The summed E-state index contributed by atoms with van der Waals surface area (Å²) in [6.45, 7) is 1.68. The van der Waals surface area contributed by atoms with Gasteiger partial charge in [-0.15, -0.1) is 11.8 Å². The van der Waals surface area contributed by atoms with E-state index in [0.717, 1.165) is 31.2 Å². The molecule has 3 atom stereocenters. The normalized spacial score (nSPS) is 29.2. The van der Waals surface area contributed by atoms with Gasteiger partial charge in [0.05, 0.1) is 10.9 Å². The molecule has 27 heavy (non-hydrogen) atoms. The van der Waals surface area contributed by atoms with Gasteiger partial charge in [-0.25, -0.2) is 4.79 Å². The van der Waals surface area contributed by atoms with Crippen LogP contribution in [0.3, 0.4) is 0 Å². The van der Waals surface area contributed by atoms with Crippen LogP contribution in [-0.2, 0) is 25.5 Å². The van der Waals surface area contributed by atoms with Crippen LogP contribution in [0.1, 0.15) is 49.8 Å². The molecule has 2 aliphatic heterocycles. The summed E-state index contributed by atoms with van der Waals surface area (Å²) in [4.78, 5) is 38.2. The Balaban J connectivity index is 1.33. The van der Waals surface area contributed by atoms with Crippen molar-refractivity contribution in [2.24, 2.45) is 0 Å². The van der Waals surface area contributed by atoms with Gasteiger partial charge in [-0.1, -0.05) is 24.3 Å². The van der Waals surface area contributed by atoms with Crippen LogP contribution in [0.25, 0.3) is 0 Å². The van der Waals surface area contributed by atoms with Gasteiger partial charge in [-0.3, -0.25) is 9.59 Å². The summed E-state index contributed by atoms with van der Waals surface area (Å²) in [5.74, 6) is -0.266. The molecule has 0 radical (unpaired) electrons. The average molecular weight is 388 g/mol. The number of rotatable bonds is 4. The van der Waals surface area contributed by atoms with E-state index in [2.05, 4.69) is 11.4 Å². The summed E-state index contributed by atoms with van der Waals surface area (Å²) in [5, 5.41) is 2.98.